The molecule has 1 aliphatic heterocycles. The minimum atomic E-state index is -0.558. The van der Waals surface area contributed by atoms with Crippen molar-refractivity contribution in [3.8, 4) is 0 Å². The van der Waals surface area contributed by atoms with Crippen molar-refractivity contribution in [2.75, 3.05) is 6.54 Å². The number of carbonyl (C=O) groups is 2. The van der Waals surface area contributed by atoms with Gasteiger partial charge in [0.15, 0.2) is 0 Å². The Morgan fingerprint density at radius 1 is 1.53 bits per heavy atom. The van der Waals surface area contributed by atoms with Crippen LogP contribution in [0.5, 0.6) is 0 Å². The van der Waals surface area contributed by atoms with Gasteiger partial charge in [0.05, 0.1) is 23.6 Å². The van der Waals surface area contributed by atoms with Gasteiger partial charge in [-0.25, -0.2) is 4.99 Å². The summed E-state index contributed by atoms with van der Waals surface area (Å²) in [6.45, 7) is 3.80. The van der Waals surface area contributed by atoms with E-state index in [1.165, 1.54) is 0 Å². The van der Waals surface area contributed by atoms with Crippen LogP contribution < -0.4 is 5.32 Å². The maximum Gasteiger partial charge on any atom is 0.277 e. The summed E-state index contributed by atoms with van der Waals surface area (Å²) in [7, 11) is 0. The molecule has 0 aromatic heterocycles. The summed E-state index contributed by atoms with van der Waals surface area (Å²) in [4.78, 5) is 27.3. The molecular weight excluding hydrogens is 244 g/mol. The molecule has 0 fully saturated rings. The van der Waals surface area contributed by atoms with E-state index in [4.69, 9.17) is 0 Å². The van der Waals surface area contributed by atoms with Crippen molar-refractivity contribution in [2.24, 2.45) is 10.9 Å². The second-order valence-electron chi connectivity index (χ2n) is 4.20. The van der Waals surface area contributed by atoms with Crippen molar-refractivity contribution in [1.29, 1.82) is 0 Å². The predicted octanol–water partition coefficient (Wildman–Crippen LogP) is 1.21. The van der Waals surface area contributed by atoms with E-state index < -0.39 is 11.8 Å². The van der Waals surface area contributed by atoms with Gasteiger partial charge < -0.3 is 10.4 Å². The summed E-state index contributed by atoms with van der Waals surface area (Å²) in [6.07, 6.45) is 8.29. The number of hydrogen-bond acceptors (Lipinski definition) is 3. The highest BCUT2D eigenvalue weighted by Crippen LogP contribution is 2.27. The lowest BCUT2D eigenvalue weighted by Crippen LogP contribution is -2.29. The molecule has 98 valence electrons. The van der Waals surface area contributed by atoms with Gasteiger partial charge in [-0.2, -0.15) is 0 Å². The quantitative estimate of drug-likeness (QED) is 0.744. The monoisotopic (exact) mass is 258 g/mol. The van der Waals surface area contributed by atoms with E-state index in [-0.39, 0.29) is 23.7 Å². The van der Waals surface area contributed by atoms with Crippen molar-refractivity contribution in [3.05, 3.63) is 48.3 Å². The molecule has 1 unspecified atom stereocenters. The van der Waals surface area contributed by atoms with Crippen LogP contribution in [0.15, 0.2) is 53.3 Å². The largest absolute Gasteiger partial charge is 0.511 e. The molecule has 0 saturated carbocycles. The zero-order valence-corrected chi connectivity index (χ0v) is 10.3. The number of dihydropyridines is 1. The molecule has 2 amide bonds. The lowest BCUT2D eigenvalue weighted by Gasteiger charge is -2.21. The van der Waals surface area contributed by atoms with Crippen molar-refractivity contribution in [3.63, 3.8) is 0 Å². The van der Waals surface area contributed by atoms with Crippen LogP contribution in [0.4, 0.5) is 0 Å². The van der Waals surface area contributed by atoms with Gasteiger partial charge in [0.2, 0.25) is 5.91 Å². The van der Waals surface area contributed by atoms with Gasteiger partial charge in [-0.15, -0.1) is 6.58 Å². The van der Waals surface area contributed by atoms with Crippen molar-refractivity contribution < 1.29 is 14.7 Å². The summed E-state index contributed by atoms with van der Waals surface area (Å²) in [5.74, 6) is -1.42. The summed E-state index contributed by atoms with van der Waals surface area (Å²) in [6, 6.07) is 0. The molecule has 2 N–H and O–H groups in total. The van der Waals surface area contributed by atoms with E-state index in [9.17, 15) is 14.7 Å². The Labute approximate surface area is 110 Å². The van der Waals surface area contributed by atoms with Crippen molar-refractivity contribution >= 4 is 17.5 Å². The molecule has 5 heteroatoms. The maximum atomic E-state index is 11.8. The average Bonchev–Trinajstić information content (AvgIpc) is 2.41. The van der Waals surface area contributed by atoms with Crippen LogP contribution in [-0.2, 0) is 9.59 Å². The Kier molecular flexibility index (Phi) is 3.75. The Morgan fingerprint density at radius 3 is 3.05 bits per heavy atom. The first kappa shape index (κ1) is 13.0. The van der Waals surface area contributed by atoms with Crippen LogP contribution >= 0.6 is 0 Å². The molecule has 0 bridgehead atoms. The number of aliphatic hydroxyl groups is 1. The maximum absolute atomic E-state index is 11.8. The lowest BCUT2D eigenvalue weighted by molar-refractivity contribution is -0.122. The predicted molar refractivity (Wildman–Crippen MR) is 71.7 cm³/mol. The summed E-state index contributed by atoms with van der Waals surface area (Å²) >= 11 is 0. The topological polar surface area (TPSA) is 78.8 Å². The number of amides is 2. The number of hydrogen-bond donors (Lipinski definition) is 2. The van der Waals surface area contributed by atoms with Gasteiger partial charge in [-0.1, -0.05) is 24.3 Å². The first-order valence-electron chi connectivity index (χ1n) is 5.91. The van der Waals surface area contributed by atoms with E-state index in [1.54, 1.807) is 30.4 Å². The normalized spacial score (nSPS) is 20.9. The smallest absolute Gasteiger partial charge is 0.277 e. The molecule has 2 aliphatic rings. The van der Waals surface area contributed by atoms with Gasteiger partial charge >= 0.3 is 0 Å². The number of fused-ring (bicyclic) bond motifs is 1. The average molecular weight is 258 g/mol. The number of carbonyl (C=O) groups excluding carboxylic acids is 2. The fourth-order valence-electron chi connectivity index (χ4n) is 1.93. The van der Waals surface area contributed by atoms with Gasteiger partial charge in [0, 0.05) is 6.54 Å². The number of nitrogens with one attached hydrogen (secondary N) is 1. The lowest BCUT2D eigenvalue weighted by atomic mass is 9.89. The molecule has 0 spiro atoms. The van der Waals surface area contributed by atoms with Crippen LogP contribution in [0.3, 0.4) is 0 Å². The van der Waals surface area contributed by atoms with Crippen molar-refractivity contribution in [2.45, 2.75) is 6.42 Å². The third-order valence-corrected chi connectivity index (χ3v) is 2.87. The number of aliphatic hydroxyl groups excluding tert-OH is 1. The minimum absolute atomic E-state index is 0.0512. The van der Waals surface area contributed by atoms with Crippen LogP contribution in [0, 0.1) is 5.92 Å². The zero-order chi connectivity index (χ0) is 13.8. The van der Waals surface area contributed by atoms with Gasteiger partial charge in [0.1, 0.15) is 5.76 Å². The van der Waals surface area contributed by atoms with E-state index in [2.05, 4.69) is 16.9 Å². The molecule has 2 rings (SSSR count). The van der Waals surface area contributed by atoms with Crippen molar-refractivity contribution in [1.82, 2.24) is 5.32 Å². The standard InChI is InChI=1S/C14H14N2O3/c1-2-7-15-12(17)8-10-13(18)9-5-3-4-6-11(9)16-14(10)19/h2-6,9,18H,1,7-8H2,(H,15,17). The Hall–Kier alpha value is -2.43. The van der Waals surface area contributed by atoms with Crippen LogP contribution in [0.25, 0.3) is 0 Å². The molecule has 1 heterocycles. The Balaban J connectivity index is 2.18. The molecular formula is C14H14N2O3. The summed E-state index contributed by atoms with van der Waals surface area (Å²) in [5.41, 5.74) is 0.551. The highest BCUT2D eigenvalue weighted by atomic mass is 16.3. The third-order valence-electron chi connectivity index (χ3n) is 2.87. The highest BCUT2D eigenvalue weighted by molar-refractivity contribution is 6.14. The van der Waals surface area contributed by atoms with E-state index in [0.29, 0.717) is 12.3 Å². The first-order valence-corrected chi connectivity index (χ1v) is 5.91. The second-order valence-corrected chi connectivity index (χ2v) is 4.20. The number of allylic oxidation sites excluding steroid dienone is 4. The van der Waals surface area contributed by atoms with Crippen LogP contribution in [0.1, 0.15) is 6.42 Å². The van der Waals surface area contributed by atoms with Crippen LogP contribution in [-0.4, -0.2) is 29.2 Å². The molecule has 5 nitrogen and oxygen atoms in total. The number of rotatable bonds is 4. The minimum Gasteiger partial charge on any atom is -0.511 e. The molecule has 1 atom stereocenters. The zero-order valence-electron chi connectivity index (χ0n) is 10.3. The Bertz CT molecular complexity index is 553. The SMILES string of the molecule is C=CCNC(=O)CC1=C(O)C2C=CC=CC2=NC1=O. The third kappa shape index (κ3) is 2.70. The van der Waals surface area contributed by atoms with E-state index >= 15 is 0 Å². The van der Waals surface area contributed by atoms with E-state index in [0.717, 1.165) is 0 Å². The highest BCUT2D eigenvalue weighted by Gasteiger charge is 2.30. The van der Waals surface area contributed by atoms with Gasteiger partial charge in [-0.05, 0) is 6.08 Å². The Morgan fingerprint density at radius 2 is 2.32 bits per heavy atom. The molecule has 0 aromatic rings. The molecule has 0 radical (unpaired) electrons. The van der Waals surface area contributed by atoms with Gasteiger partial charge in [-0.3, -0.25) is 9.59 Å². The summed E-state index contributed by atoms with van der Waals surface area (Å²) < 4.78 is 0. The first-order chi connectivity index (χ1) is 9.13. The van der Waals surface area contributed by atoms with E-state index in [1.807, 2.05) is 0 Å². The summed E-state index contributed by atoms with van der Waals surface area (Å²) in [5, 5.41) is 12.7. The fourth-order valence-corrected chi connectivity index (χ4v) is 1.93. The fraction of sp³-hybridized carbons (Fsp3) is 0.214. The number of aliphatic imine (C=N–C) groups is 1. The van der Waals surface area contributed by atoms with Crippen LogP contribution in [0.2, 0.25) is 0 Å². The molecule has 19 heavy (non-hydrogen) atoms. The number of nitrogens with zero attached hydrogens (tertiary/aromatic N) is 1. The second kappa shape index (κ2) is 5.48. The molecule has 0 aromatic carbocycles. The molecule has 0 saturated heterocycles. The molecule has 1 aliphatic carbocycles. The van der Waals surface area contributed by atoms with Gasteiger partial charge in [0.25, 0.3) is 5.91 Å².